The minimum Gasteiger partial charge on any atom is -0.496 e. The molecule has 1 aliphatic rings. The zero-order valence-corrected chi connectivity index (χ0v) is 20.4. The van der Waals surface area contributed by atoms with Crippen molar-refractivity contribution in [1.82, 2.24) is 14.8 Å². The Morgan fingerprint density at radius 3 is 2.67 bits per heavy atom. The van der Waals surface area contributed by atoms with Gasteiger partial charge in [-0.25, -0.2) is 0 Å². The summed E-state index contributed by atoms with van der Waals surface area (Å²) in [5, 5.41) is 5.08. The highest BCUT2D eigenvalue weighted by molar-refractivity contribution is 8.00. The molecule has 0 bridgehead atoms. The number of hydrogen-bond acceptors (Lipinski definition) is 4. The van der Waals surface area contributed by atoms with Gasteiger partial charge < -0.3 is 19.5 Å². The number of nitrogens with one attached hydrogen (secondary N) is 1. The van der Waals surface area contributed by atoms with Crippen molar-refractivity contribution in [3.63, 3.8) is 0 Å². The number of para-hydroxylation sites is 2. The molecular weight excluding hydrogens is 434 g/mol. The Morgan fingerprint density at radius 1 is 1.18 bits per heavy atom. The van der Waals surface area contributed by atoms with Crippen molar-refractivity contribution in [1.29, 1.82) is 0 Å². The molecular formula is C26H31N3O3S. The molecule has 1 aliphatic heterocycles. The summed E-state index contributed by atoms with van der Waals surface area (Å²) in [6, 6.07) is 15.0. The molecule has 174 valence electrons. The first-order valence-corrected chi connectivity index (χ1v) is 12.3. The van der Waals surface area contributed by atoms with Gasteiger partial charge in [0.15, 0.2) is 0 Å². The number of methoxy groups -OCH3 is 1. The van der Waals surface area contributed by atoms with Gasteiger partial charge in [0.25, 0.3) is 0 Å². The fourth-order valence-electron chi connectivity index (χ4n) is 4.40. The molecule has 2 amide bonds. The molecule has 33 heavy (non-hydrogen) atoms. The van der Waals surface area contributed by atoms with Gasteiger partial charge in [-0.3, -0.25) is 9.59 Å². The second-order valence-corrected chi connectivity index (χ2v) is 9.76. The maximum atomic E-state index is 13.7. The first kappa shape index (κ1) is 23.2. The molecule has 0 radical (unpaired) electrons. The minimum atomic E-state index is -0.717. The van der Waals surface area contributed by atoms with Crippen molar-refractivity contribution in [2.45, 2.75) is 37.9 Å². The molecule has 1 N–H and O–H groups in total. The number of aryl methyl sites for hydroxylation is 1. The Bertz CT molecular complexity index is 1170. The number of ether oxygens (including phenoxy) is 1. The molecule has 0 saturated carbocycles. The molecule has 7 heteroatoms. The van der Waals surface area contributed by atoms with Crippen LogP contribution in [0.1, 0.15) is 37.4 Å². The van der Waals surface area contributed by atoms with Crippen LogP contribution < -0.4 is 10.1 Å². The van der Waals surface area contributed by atoms with Crippen LogP contribution in [-0.4, -0.2) is 40.7 Å². The molecule has 1 unspecified atom stereocenters. The Labute approximate surface area is 199 Å². The van der Waals surface area contributed by atoms with E-state index in [2.05, 4.69) is 29.8 Å². The molecule has 0 spiro atoms. The van der Waals surface area contributed by atoms with Crippen LogP contribution in [0.2, 0.25) is 0 Å². The highest BCUT2D eigenvalue weighted by Gasteiger charge is 2.39. The van der Waals surface area contributed by atoms with Gasteiger partial charge in [0.2, 0.25) is 11.8 Å². The van der Waals surface area contributed by atoms with Crippen molar-refractivity contribution >= 4 is 34.5 Å². The number of benzene rings is 2. The molecule has 1 aromatic heterocycles. The third kappa shape index (κ3) is 4.60. The zero-order valence-electron chi connectivity index (χ0n) is 19.6. The number of fused-ring (bicyclic) bond motifs is 3. The molecule has 0 aliphatic carbocycles. The number of aromatic nitrogens is 1. The zero-order chi connectivity index (χ0) is 23.5. The van der Waals surface area contributed by atoms with E-state index >= 15 is 0 Å². The summed E-state index contributed by atoms with van der Waals surface area (Å²) in [7, 11) is 3.63. The Balaban J connectivity index is 1.82. The number of thioether (sulfide) groups is 1. The van der Waals surface area contributed by atoms with Crippen molar-refractivity contribution < 1.29 is 14.3 Å². The average Bonchev–Trinajstić information content (AvgIpc) is 2.99. The molecule has 2 aromatic carbocycles. The topological polar surface area (TPSA) is 63.6 Å². The van der Waals surface area contributed by atoms with Crippen LogP contribution in [-0.2, 0) is 23.2 Å². The van der Waals surface area contributed by atoms with Crippen LogP contribution >= 0.6 is 11.8 Å². The Hall–Kier alpha value is -2.93. The number of hydrogen-bond donors (Lipinski definition) is 1. The molecule has 6 nitrogen and oxygen atoms in total. The number of carbonyl (C=O) groups is 2. The van der Waals surface area contributed by atoms with E-state index in [1.807, 2.05) is 49.5 Å². The van der Waals surface area contributed by atoms with E-state index in [9.17, 15) is 9.59 Å². The van der Waals surface area contributed by atoms with E-state index in [1.165, 1.54) is 11.8 Å². The summed E-state index contributed by atoms with van der Waals surface area (Å²) in [5.74, 6) is 1.27. The second-order valence-electron chi connectivity index (χ2n) is 8.79. The summed E-state index contributed by atoms with van der Waals surface area (Å²) < 4.78 is 7.64. The van der Waals surface area contributed by atoms with Crippen LogP contribution in [0.25, 0.3) is 10.9 Å². The number of amides is 2. The summed E-state index contributed by atoms with van der Waals surface area (Å²) in [5.41, 5.74) is 2.84. The first-order chi connectivity index (χ1) is 15.9. The molecule has 1 atom stereocenters. The fraction of sp³-hybridized carbons (Fsp3) is 0.385. The van der Waals surface area contributed by atoms with Gasteiger partial charge >= 0.3 is 0 Å². The van der Waals surface area contributed by atoms with Crippen molar-refractivity contribution in [3.8, 4) is 5.75 Å². The molecule has 2 heterocycles. The van der Waals surface area contributed by atoms with Gasteiger partial charge in [0, 0.05) is 35.6 Å². The number of carbonyl (C=O) groups excluding carboxylic acids is 2. The van der Waals surface area contributed by atoms with Crippen LogP contribution in [0, 0.1) is 5.92 Å². The summed E-state index contributed by atoms with van der Waals surface area (Å²) in [4.78, 5) is 28.8. The van der Waals surface area contributed by atoms with Gasteiger partial charge in [-0.15, -0.1) is 0 Å². The highest BCUT2D eigenvalue weighted by atomic mass is 32.2. The highest BCUT2D eigenvalue weighted by Crippen LogP contribution is 2.42. The lowest BCUT2D eigenvalue weighted by Crippen LogP contribution is -2.43. The van der Waals surface area contributed by atoms with Crippen molar-refractivity contribution in [3.05, 3.63) is 59.7 Å². The van der Waals surface area contributed by atoms with Crippen LogP contribution in [0.3, 0.4) is 0 Å². The lowest BCUT2D eigenvalue weighted by atomic mass is 10.0. The third-order valence-electron chi connectivity index (χ3n) is 6.13. The molecule has 4 rings (SSSR count). The van der Waals surface area contributed by atoms with Crippen molar-refractivity contribution in [2.24, 2.45) is 13.0 Å². The molecule has 0 fully saturated rings. The largest absolute Gasteiger partial charge is 0.496 e. The lowest BCUT2D eigenvalue weighted by molar-refractivity contribution is -0.139. The van der Waals surface area contributed by atoms with Gasteiger partial charge in [-0.2, -0.15) is 0 Å². The van der Waals surface area contributed by atoms with E-state index in [1.54, 1.807) is 12.0 Å². The monoisotopic (exact) mass is 465 g/mol. The van der Waals surface area contributed by atoms with Gasteiger partial charge in [0.1, 0.15) is 11.8 Å². The minimum absolute atomic E-state index is 0.0600. The Kier molecular flexibility index (Phi) is 6.98. The van der Waals surface area contributed by atoms with Crippen molar-refractivity contribution in [2.75, 3.05) is 19.4 Å². The van der Waals surface area contributed by atoms with Gasteiger partial charge in [-0.1, -0.05) is 62.0 Å². The van der Waals surface area contributed by atoms with E-state index in [0.717, 1.165) is 33.5 Å². The van der Waals surface area contributed by atoms with Crippen LogP contribution in [0.15, 0.2) is 53.6 Å². The van der Waals surface area contributed by atoms with E-state index in [4.69, 9.17) is 4.74 Å². The fourth-order valence-corrected chi connectivity index (χ4v) is 5.50. The molecule has 3 aromatic rings. The predicted molar refractivity (Wildman–Crippen MR) is 132 cm³/mol. The average molecular weight is 466 g/mol. The van der Waals surface area contributed by atoms with E-state index in [-0.39, 0.29) is 17.6 Å². The van der Waals surface area contributed by atoms with E-state index < -0.39 is 6.04 Å². The third-order valence-corrected chi connectivity index (χ3v) is 7.29. The molecule has 0 saturated heterocycles. The summed E-state index contributed by atoms with van der Waals surface area (Å²) in [6.45, 7) is 5.15. The standard InChI is InChI=1S/C26H31N3O3S/c1-17(2)13-14-27-25(31)24-23-19-10-6-7-11-20(19)28(3)26(23)33-16-22(30)29(24)15-18-9-5-8-12-21(18)32-4/h5-12,17,24H,13-16H2,1-4H3,(H,27,31). The second kappa shape index (κ2) is 9.91. The van der Waals surface area contributed by atoms with Crippen LogP contribution in [0.4, 0.5) is 0 Å². The van der Waals surface area contributed by atoms with Gasteiger partial charge in [0.05, 0.1) is 24.4 Å². The Morgan fingerprint density at radius 2 is 1.91 bits per heavy atom. The van der Waals surface area contributed by atoms with Crippen LogP contribution in [0.5, 0.6) is 5.75 Å². The first-order valence-electron chi connectivity index (χ1n) is 11.3. The maximum Gasteiger partial charge on any atom is 0.247 e. The summed E-state index contributed by atoms with van der Waals surface area (Å²) in [6.07, 6.45) is 0.885. The smallest absolute Gasteiger partial charge is 0.247 e. The normalized spacial score (nSPS) is 16.1. The number of rotatable bonds is 7. The maximum absolute atomic E-state index is 13.7. The van der Waals surface area contributed by atoms with Gasteiger partial charge in [-0.05, 0) is 24.5 Å². The number of nitrogens with zero attached hydrogens (tertiary/aromatic N) is 2. The lowest BCUT2D eigenvalue weighted by Gasteiger charge is -2.30. The predicted octanol–water partition coefficient (Wildman–Crippen LogP) is 4.52. The van der Waals surface area contributed by atoms with E-state index in [0.29, 0.717) is 24.8 Å². The quantitative estimate of drug-likeness (QED) is 0.557. The SMILES string of the molecule is COc1ccccc1CN1C(=O)CSc2c(c3ccccc3n2C)C1C(=O)NCCC(C)C. The summed E-state index contributed by atoms with van der Waals surface area (Å²) >= 11 is 1.50.